The Morgan fingerprint density at radius 2 is 1.91 bits per heavy atom. The second-order valence-electron chi connectivity index (χ2n) is 8.00. The fraction of sp³-hybridized carbons (Fsp3) is 0.346. The topological polar surface area (TPSA) is 71.2 Å². The first-order chi connectivity index (χ1) is 16.1. The van der Waals surface area contributed by atoms with E-state index < -0.39 is 0 Å². The number of benzene rings is 2. The zero-order valence-corrected chi connectivity index (χ0v) is 18.6. The van der Waals surface area contributed by atoms with Gasteiger partial charge in [0.15, 0.2) is 0 Å². The molecule has 7 heteroatoms. The van der Waals surface area contributed by atoms with Crippen LogP contribution in [0.5, 0.6) is 0 Å². The van der Waals surface area contributed by atoms with Crippen molar-refractivity contribution >= 4 is 10.9 Å². The molecule has 0 saturated carbocycles. The van der Waals surface area contributed by atoms with Gasteiger partial charge in [-0.25, -0.2) is 9.37 Å². The van der Waals surface area contributed by atoms with Gasteiger partial charge in [0.05, 0.1) is 23.6 Å². The number of hydrogen-bond acceptors (Lipinski definition) is 5. The average Bonchev–Trinajstić information content (AvgIpc) is 3.26. The Balaban J connectivity index is 0.000000821. The van der Waals surface area contributed by atoms with Crippen LogP contribution in [0, 0.1) is 29.0 Å². The van der Waals surface area contributed by atoms with Crippen LogP contribution in [0.3, 0.4) is 0 Å². The molecule has 0 amide bonds. The Bertz CT molecular complexity index is 1310. The molecule has 33 heavy (non-hydrogen) atoms. The molecule has 1 saturated heterocycles. The molecule has 1 fully saturated rings. The lowest BCUT2D eigenvalue weighted by Crippen LogP contribution is -2.38. The van der Waals surface area contributed by atoms with E-state index in [1.165, 1.54) is 19.1 Å². The van der Waals surface area contributed by atoms with Crippen molar-refractivity contribution in [1.82, 2.24) is 14.5 Å². The smallest absolute Gasteiger partial charge is 0.261 e. The molecule has 0 spiro atoms. The highest BCUT2D eigenvalue weighted by atomic mass is 19.1. The van der Waals surface area contributed by atoms with Gasteiger partial charge in [0, 0.05) is 56.8 Å². The lowest BCUT2D eigenvalue weighted by molar-refractivity contribution is 0.145. The SMILES string of the molecule is CC#N.O=c1c2ccc(C#Cc3cccc(F)c3)cc2nc2n1CCN(C1CCOC1)CC2. The maximum atomic E-state index is 13.3. The first-order valence-electron chi connectivity index (χ1n) is 11.0. The van der Waals surface area contributed by atoms with Gasteiger partial charge in [0.2, 0.25) is 0 Å². The summed E-state index contributed by atoms with van der Waals surface area (Å²) in [6, 6.07) is 13.8. The molecule has 1 unspecified atom stereocenters. The molecule has 2 aromatic carbocycles. The van der Waals surface area contributed by atoms with Crippen LogP contribution in [-0.4, -0.2) is 46.8 Å². The number of fused-ring (bicyclic) bond motifs is 2. The van der Waals surface area contributed by atoms with Crippen molar-refractivity contribution in [1.29, 1.82) is 5.26 Å². The van der Waals surface area contributed by atoms with Crippen LogP contribution in [0.1, 0.15) is 30.3 Å². The molecule has 3 heterocycles. The molecule has 5 rings (SSSR count). The van der Waals surface area contributed by atoms with Crippen LogP contribution < -0.4 is 5.56 Å². The largest absolute Gasteiger partial charge is 0.380 e. The van der Waals surface area contributed by atoms with E-state index in [2.05, 4.69) is 16.7 Å². The third-order valence-electron chi connectivity index (χ3n) is 5.87. The number of hydrogen-bond donors (Lipinski definition) is 0. The number of nitriles is 1. The summed E-state index contributed by atoms with van der Waals surface area (Å²) in [6.45, 7) is 5.38. The van der Waals surface area contributed by atoms with Crippen LogP contribution >= 0.6 is 0 Å². The maximum Gasteiger partial charge on any atom is 0.261 e. The van der Waals surface area contributed by atoms with Crippen molar-refractivity contribution in [3.05, 3.63) is 75.6 Å². The Morgan fingerprint density at radius 1 is 1.12 bits per heavy atom. The van der Waals surface area contributed by atoms with Gasteiger partial charge in [-0.15, -0.1) is 0 Å². The van der Waals surface area contributed by atoms with E-state index in [1.807, 2.05) is 16.7 Å². The van der Waals surface area contributed by atoms with Gasteiger partial charge in [0.25, 0.3) is 5.56 Å². The summed E-state index contributed by atoms with van der Waals surface area (Å²) in [5.41, 5.74) is 2.03. The Labute approximate surface area is 192 Å². The van der Waals surface area contributed by atoms with Gasteiger partial charge < -0.3 is 4.74 Å². The van der Waals surface area contributed by atoms with E-state index in [0.29, 0.717) is 29.1 Å². The molecular formula is C26H25FN4O2. The fourth-order valence-corrected chi connectivity index (χ4v) is 4.24. The number of nitrogens with zero attached hydrogens (tertiary/aromatic N) is 4. The number of halogens is 1. The van der Waals surface area contributed by atoms with Crippen LogP contribution in [-0.2, 0) is 17.7 Å². The minimum Gasteiger partial charge on any atom is -0.380 e. The van der Waals surface area contributed by atoms with Crippen LogP contribution in [0.25, 0.3) is 10.9 Å². The Morgan fingerprint density at radius 3 is 2.64 bits per heavy atom. The summed E-state index contributed by atoms with van der Waals surface area (Å²) < 4.78 is 20.7. The zero-order chi connectivity index (χ0) is 23.2. The van der Waals surface area contributed by atoms with Crippen molar-refractivity contribution in [3.8, 4) is 17.9 Å². The summed E-state index contributed by atoms with van der Waals surface area (Å²) in [6.07, 6.45) is 1.79. The predicted octanol–water partition coefficient (Wildman–Crippen LogP) is 3.11. The van der Waals surface area contributed by atoms with E-state index in [-0.39, 0.29) is 11.4 Å². The van der Waals surface area contributed by atoms with Gasteiger partial charge >= 0.3 is 0 Å². The van der Waals surface area contributed by atoms with E-state index in [4.69, 9.17) is 15.0 Å². The lowest BCUT2D eigenvalue weighted by Gasteiger charge is -2.25. The van der Waals surface area contributed by atoms with Crippen molar-refractivity contribution in [2.24, 2.45) is 0 Å². The highest BCUT2D eigenvalue weighted by Crippen LogP contribution is 2.17. The quantitative estimate of drug-likeness (QED) is 0.540. The number of ether oxygens (including phenoxy) is 1. The van der Waals surface area contributed by atoms with E-state index in [1.54, 1.807) is 24.3 Å². The van der Waals surface area contributed by atoms with Gasteiger partial charge in [-0.3, -0.25) is 14.3 Å². The monoisotopic (exact) mass is 444 g/mol. The van der Waals surface area contributed by atoms with Gasteiger partial charge in [-0.1, -0.05) is 17.9 Å². The summed E-state index contributed by atoms with van der Waals surface area (Å²) in [5, 5.41) is 7.92. The van der Waals surface area contributed by atoms with Gasteiger partial charge in [-0.05, 0) is 42.8 Å². The molecule has 0 radical (unpaired) electrons. The first kappa shape index (κ1) is 22.7. The molecule has 0 N–H and O–H groups in total. The third kappa shape index (κ3) is 5.28. The van der Waals surface area contributed by atoms with Crippen molar-refractivity contribution in [2.45, 2.75) is 32.4 Å². The highest BCUT2D eigenvalue weighted by Gasteiger charge is 2.26. The van der Waals surface area contributed by atoms with E-state index in [9.17, 15) is 9.18 Å². The molecule has 6 nitrogen and oxygen atoms in total. The summed E-state index contributed by atoms with van der Waals surface area (Å²) in [4.78, 5) is 20.3. The van der Waals surface area contributed by atoms with Gasteiger partial charge in [0.1, 0.15) is 11.6 Å². The normalized spacial score (nSPS) is 17.7. The standard InChI is InChI=1S/C24H22FN3O2.C2H3N/c25-19-3-1-2-17(14-19)4-5-18-6-7-21-22(15-18)26-23-8-10-27(20-9-13-30-16-20)11-12-28(23)24(21)29;1-2-3/h1-3,6-7,14-15,20H,8-13,16H2;1H3. The highest BCUT2D eigenvalue weighted by molar-refractivity contribution is 5.79. The van der Waals surface area contributed by atoms with E-state index >= 15 is 0 Å². The minimum atomic E-state index is -0.309. The van der Waals surface area contributed by atoms with Gasteiger partial charge in [-0.2, -0.15) is 5.26 Å². The lowest BCUT2D eigenvalue weighted by atomic mass is 10.1. The van der Waals surface area contributed by atoms with Crippen LogP contribution in [0.4, 0.5) is 4.39 Å². The summed E-state index contributed by atoms with van der Waals surface area (Å²) in [5.74, 6) is 6.53. The molecule has 0 aliphatic carbocycles. The number of aromatic nitrogens is 2. The molecule has 168 valence electrons. The Hall–Kier alpha value is -3.52. The van der Waals surface area contributed by atoms with Crippen LogP contribution in [0.15, 0.2) is 47.3 Å². The number of rotatable bonds is 1. The average molecular weight is 445 g/mol. The molecule has 2 aliphatic rings. The zero-order valence-electron chi connectivity index (χ0n) is 18.6. The molecule has 3 aromatic rings. The molecule has 1 atom stereocenters. The third-order valence-corrected chi connectivity index (χ3v) is 5.87. The second-order valence-corrected chi connectivity index (χ2v) is 8.00. The Kier molecular flexibility index (Phi) is 7.14. The molecular weight excluding hydrogens is 419 g/mol. The summed E-state index contributed by atoms with van der Waals surface area (Å²) in [7, 11) is 0. The first-order valence-corrected chi connectivity index (χ1v) is 11.0. The van der Waals surface area contributed by atoms with Crippen molar-refractivity contribution in [2.75, 3.05) is 26.3 Å². The fourth-order valence-electron chi connectivity index (χ4n) is 4.24. The minimum absolute atomic E-state index is 0.00385. The molecule has 0 bridgehead atoms. The van der Waals surface area contributed by atoms with E-state index in [0.717, 1.165) is 50.5 Å². The second kappa shape index (κ2) is 10.4. The maximum absolute atomic E-state index is 13.3. The van der Waals surface area contributed by atoms with Crippen LogP contribution in [0.2, 0.25) is 0 Å². The predicted molar refractivity (Wildman–Crippen MR) is 124 cm³/mol. The summed E-state index contributed by atoms with van der Waals surface area (Å²) >= 11 is 0. The molecule has 1 aromatic heterocycles. The van der Waals surface area contributed by atoms with Crippen molar-refractivity contribution in [3.63, 3.8) is 0 Å². The van der Waals surface area contributed by atoms with Crippen molar-refractivity contribution < 1.29 is 9.13 Å². The molecule has 2 aliphatic heterocycles.